The summed E-state index contributed by atoms with van der Waals surface area (Å²) in [6.45, 7) is 0.162. The topological polar surface area (TPSA) is 63.6 Å². The van der Waals surface area contributed by atoms with E-state index in [0.717, 1.165) is 11.1 Å². The van der Waals surface area contributed by atoms with Crippen molar-refractivity contribution in [2.45, 2.75) is 18.8 Å². The lowest BCUT2D eigenvalue weighted by molar-refractivity contribution is -0.138. The molecule has 0 aliphatic carbocycles. The minimum absolute atomic E-state index is 0.0387. The van der Waals surface area contributed by atoms with Crippen molar-refractivity contribution in [1.82, 2.24) is 0 Å². The zero-order valence-corrected chi connectivity index (χ0v) is 13.3. The van der Waals surface area contributed by atoms with Gasteiger partial charge in [-0.15, -0.1) is 0 Å². The molecule has 0 aliphatic heterocycles. The van der Waals surface area contributed by atoms with E-state index in [9.17, 15) is 9.59 Å². The average Bonchev–Trinajstić information content (AvgIpc) is 2.61. The number of esters is 1. The molecule has 2 rings (SSSR count). The fraction of sp³-hybridized carbons (Fsp3) is 0.200. The Morgan fingerprint density at radius 3 is 2.25 bits per heavy atom. The van der Waals surface area contributed by atoms with Gasteiger partial charge in [0, 0.05) is 18.4 Å². The maximum absolute atomic E-state index is 11.9. The van der Waals surface area contributed by atoms with Gasteiger partial charge in [-0.2, -0.15) is 0 Å². The van der Waals surface area contributed by atoms with E-state index in [1.165, 1.54) is 6.08 Å². The van der Waals surface area contributed by atoms with Crippen LogP contribution in [-0.4, -0.2) is 23.7 Å². The molecule has 1 atom stereocenters. The van der Waals surface area contributed by atoms with Gasteiger partial charge in [-0.3, -0.25) is 4.79 Å². The highest BCUT2D eigenvalue weighted by Gasteiger charge is 2.15. The zero-order chi connectivity index (χ0) is 17.2. The molecular formula is C20H20O4. The first kappa shape index (κ1) is 17.5. The Morgan fingerprint density at radius 2 is 1.62 bits per heavy atom. The lowest BCUT2D eigenvalue weighted by atomic mass is 9.95. The number of hydrogen-bond acceptors (Lipinski definition) is 3. The maximum Gasteiger partial charge on any atom is 0.330 e. The van der Waals surface area contributed by atoms with Gasteiger partial charge in [-0.25, -0.2) is 4.79 Å². The Balaban J connectivity index is 1.93. The van der Waals surface area contributed by atoms with E-state index in [1.54, 1.807) is 6.08 Å². The van der Waals surface area contributed by atoms with Crippen molar-refractivity contribution in [2.75, 3.05) is 6.61 Å². The molecular weight excluding hydrogens is 304 g/mol. The van der Waals surface area contributed by atoms with Crippen molar-refractivity contribution >= 4 is 18.0 Å². The molecule has 0 aliphatic rings. The average molecular weight is 324 g/mol. The number of carbonyl (C=O) groups excluding carboxylic acids is 1. The number of rotatable bonds is 8. The molecule has 0 radical (unpaired) electrons. The molecule has 0 amide bonds. The quantitative estimate of drug-likeness (QED) is 0.591. The van der Waals surface area contributed by atoms with Gasteiger partial charge in [-0.1, -0.05) is 60.7 Å². The van der Waals surface area contributed by atoms with Gasteiger partial charge in [0.15, 0.2) is 0 Å². The number of aliphatic carboxylic acids is 1. The third-order valence-electron chi connectivity index (χ3n) is 3.62. The Labute approximate surface area is 141 Å². The third-order valence-corrected chi connectivity index (χ3v) is 3.62. The number of carbonyl (C=O) groups is 2. The van der Waals surface area contributed by atoms with Crippen LogP contribution in [0.25, 0.3) is 6.08 Å². The summed E-state index contributed by atoms with van der Waals surface area (Å²) in [5.74, 6) is -1.42. The zero-order valence-electron chi connectivity index (χ0n) is 13.3. The van der Waals surface area contributed by atoms with Gasteiger partial charge in [-0.05, 0) is 23.6 Å². The van der Waals surface area contributed by atoms with Crippen LogP contribution in [0.5, 0.6) is 0 Å². The third kappa shape index (κ3) is 6.08. The number of carboxylic acids is 1. The van der Waals surface area contributed by atoms with Crippen LogP contribution >= 0.6 is 0 Å². The molecule has 2 aromatic rings. The second kappa shape index (κ2) is 9.30. The lowest BCUT2D eigenvalue weighted by Gasteiger charge is -2.16. The first-order valence-corrected chi connectivity index (χ1v) is 7.82. The van der Waals surface area contributed by atoms with Gasteiger partial charge in [0.1, 0.15) is 0 Å². The van der Waals surface area contributed by atoms with Crippen molar-refractivity contribution in [2.24, 2.45) is 0 Å². The standard InChI is InChI=1S/C20H20O4/c21-19(22)13-12-18(17-9-5-2-6-10-17)15-24-20(23)14-11-16-7-3-1-4-8-16/h1-11,14,18H,12-13,15H2,(H,21,22)/b14-11+. The van der Waals surface area contributed by atoms with E-state index in [2.05, 4.69) is 0 Å². The van der Waals surface area contributed by atoms with Crippen LogP contribution in [0, 0.1) is 0 Å². The van der Waals surface area contributed by atoms with Crippen molar-refractivity contribution in [1.29, 1.82) is 0 Å². The van der Waals surface area contributed by atoms with E-state index in [1.807, 2.05) is 60.7 Å². The highest BCUT2D eigenvalue weighted by atomic mass is 16.5. The highest BCUT2D eigenvalue weighted by Crippen LogP contribution is 2.21. The smallest absolute Gasteiger partial charge is 0.330 e. The van der Waals surface area contributed by atoms with Gasteiger partial charge in [0.05, 0.1) is 6.61 Å². The van der Waals surface area contributed by atoms with Crippen molar-refractivity contribution < 1.29 is 19.4 Å². The summed E-state index contributed by atoms with van der Waals surface area (Å²) in [7, 11) is 0. The minimum atomic E-state index is -0.855. The number of ether oxygens (including phenoxy) is 1. The van der Waals surface area contributed by atoms with Gasteiger partial charge < -0.3 is 9.84 Å². The van der Waals surface area contributed by atoms with Crippen LogP contribution in [0.3, 0.4) is 0 Å². The summed E-state index contributed by atoms with van der Waals surface area (Å²) in [5, 5.41) is 8.88. The molecule has 24 heavy (non-hydrogen) atoms. The molecule has 0 saturated heterocycles. The fourth-order valence-electron chi connectivity index (χ4n) is 2.33. The highest BCUT2D eigenvalue weighted by molar-refractivity contribution is 5.87. The summed E-state index contributed by atoms with van der Waals surface area (Å²) in [6, 6.07) is 19.0. The lowest BCUT2D eigenvalue weighted by Crippen LogP contribution is -2.13. The maximum atomic E-state index is 11.9. The summed E-state index contributed by atoms with van der Waals surface area (Å²) in [4.78, 5) is 22.7. The van der Waals surface area contributed by atoms with Gasteiger partial charge in [0.25, 0.3) is 0 Å². The Hall–Kier alpha value is -2.88. The second-order valence-electron chi connectivity index (χ2n) is 5.41. The normalized spacial score (nSPS) is 12.0. The van der Waals surface area contributed by atoms with Gasteiger partial charge in [0.2, 0.25) is 0 Å². The molecule has 1 unspecified atom stereocenters. The molecule has 0 saturated carbocycles. The van der Waals surface area contributed by atoms with E-state index in [-0.39, 0.29) is 18.9 Å². The van der Waals surface area contributed by atoms with Crippen LogP contribution in [0.15, 0.2) is 66.7 Å². The summed E-state index contributed by atoms with van der Waals surface area (Å²) in [5.41, 5.74) is 1.89. The molecule has 0 spiro atoms. The minimum Gasteiger partial charge on any atom is -0.481 e. The van der Waals surface area contributed by atoms with E-state index in [4.69, 9.17) is 9.84 Å². The van der Waals surface area contributed by atoms with Crippen LogP contribution in [-0.2, 0) is 14.3 Å². The molecule has 0 heterocycles. The SMILES string of the molecule is O=C(O)CCC(COC(=O)/C=C/c1ccccc1)c1ccccc1. The summed E-state index contributed by atoms with van der Waals surface area (Å²) >= 11 is 0. The van der Waals surface area contributed by atoms with Crippen molar-refractivity contribution in [3.63, 3.8) is 0 Å². The predicted molar refractivity (Wildman–Crippen MR) is 92.5 cm³/mol. The Kier molecular flexibility index (Phi) is 6.77. The van der Waals surface area contributed by atoms with Crippen molar-refractivity contribution in [3.05, 3.63) is 77.9 Å². The van der Waals surface area contributed by atoms with Crippen molar-refractivity contribution in [3.8, 4) is 0 Å². The number of hydrogen-bond donors (Lipinski definition) is 1. The molecule has 0 fully saturated rings. The summed E-state index contributed by atoms with van der Waals surface area (Å²) < 4.78 is 5.29. The van der Waals surface area contributed by atoms with Crippen LogP contribution < -0.4 is 0 Å². The Morgan fingerprint density at radius 1 is 1.00 bits per heavy atom. The van der Waals surface area contributed by atoms with E-state index < -0.39 is 11.9 Å². The van der Waals surface area contributed by atoms with Crippen LogP contribution in [0.2, 0.25) is 0 Å². The molecule has 4 nitrogen and oxygen atoms in total. The first-order valence-electron chi connectivity index (χ1n) is 7.82. The molecule has 1 N–H and O–H groups in total. The predicted octanol–water partition coefficient (Wildman–Crippen LogP) is 3.89. The first-order chi connectivity index (χ1) is 11.6. The van der Waals surface area contributed by atoms with E-state index in [0.29, 0.717) is 6.42 Å². The van der Waals surface area contributed by atoms with Crippen LogP contribution in [0.1, 0.15) is 29.9 Å². The number of carboxylic acid groups (broad SMARTS) is 1. The Bertz CT molecular complexity index is 677. The fourth-order valence-corrected chi connectivity index (χ4v) is 2.33. The molecule has 0 bridgehead atoms. The molecule has 124 valence electrons. The summed E-state index contributed by atoms with van der Waals surface area (Å²) in [6.07, 6.45) is 3.54. The largest absolute Gasteiger partial charge is 0.481 e. The molecule has 2 aromatic carbocycles. The number of benzene rings is 2. The monoisotopic (exact) mass is 324 g/mol. The molecule has 4 heteroatoms. The second-order valence-corrected chi connectivity index (χ2v) is 5.41. The van der Waals surface area contributed by atoms with Crippen LogP contribution in [0.4, 0.5) is 0 Å². The van der Waals surface area contributed by atoms with Gasteiger partial charge >= 0.3 is 11.9 Å². The molecule has 0 aromatic heterocycles. The van der Waals surface area contributed by atoms with E-state index >= 15 is 0 Å².